The van der Waals surface area contributed by atoms with Crippen molar-refractivity contribution in [1.82, 2.24) is 9.78 Å². The molecule has 2 rings (SSSR count). The maximum absolute atomic E-state index is 12.4. The van der Waals surface area contributed by atoms with Gasteiger partial charge in [0.1, 0.15) is 10.6 Å². The predicted octanol–water partition coefficient (Wildman–Crippen LogP) is 1.38. The summed E-state index contributed by atoms with van der Waals surface area (Å²) in [6.07, 6.45) is 1.60. The number of nitrogens with one attached hydrogen (secondary N) is 1. The van der Waals surface area contributed by atoms with Crippen LogP contribution in [-0.2, 0) is 23.7 Å². The number of rotatable bonds is 5. The summed E-state index contributed by atoms with van der Waals surface area (Å²) in [4.78, 5) is -0.160. The molecule has 21 heavy (non-hydrogen) atoms. The van der Waals surface area contributed by atoms with Crippen LogP contribution in [0.5, 0.6) is 5.75 Å². The van der Waals surface area contributed by atoms with Gasteiger partial charge in [0.15, 0.2) is 5.82 Å². The number of aliphatic hydroxyl groups is 1. The van der Waals surface area contributed by atoms with Crippen molar-refractivity contribution in [2.75, 3.05) is 11.8 Å². The molecule has 0 atom stereocenters. The van der Waals surface area contributed by atoms with Gasteiger partial charge in [-0.25, -0.2) is 8.42 Å². The molecule has 114 valence electrons. The van der Waals surface area contributed by atoms with Gasteiger partial charge in [0.25, 0.3) is 10.0 Å². The molecule has 0 saturated carbocycles. The maximum Gasteiger partial charge on any atom is 0.266 e. The fourth-order valence-corrected chi connectivity index (χ4v) is 3.37. The molecule has 0 bridgehead atoms. The van der Waals surface area contributed by atoms with Crippen LogP contribution in [0, 0.1) is 0 Å². The molecule has 0 radical (unpaired) electrons. The zero-order valence-corrected chi connectivity index (χ0v) is 12.9. The Bertz CT molecular complexity index is 758. The molecule has 0 aliphatic heterocycles. The number of anilines is 1. The highest BCUT2D eigenvalue weighted by Crippen LogP contribution is 2.32. The summed E-state index contributed by atoms with van der Waals surface area (Å²) in [5.74, 6) is 0.218. The molecule has 0 unspecified atom stereocenters. The number of methoxy groups -OCH3 is 1. The lowest BCUT2D eigenvalue weighted by Gasteiger charge is -2.13. The Balaban J connectivity index is 2.51. The largest absolute Gasteiger partial charge is 0.495 e. The van der Waals surface area contributed by atoms with Crippen LogP contribution in [0.4, 0.5) is 5.82 Å². The molecule has 0 fully saturated rings. The van der Waals surface area contributed by atoms with E-state index >= 15 is 0 Å². The van der Waals surface area contributed by atoms with Crippen LogP contribution in [-0.4, -0.2) is 30.4 Å². The lowest BCUT2D eigenvalue weighted by molar-refractivity contribution is 0.272. The van der Waals surface area contributed by atoms with Crippen LogP contribution in [0.1, 0.15) is 5.56 Å². The number of ether oxygens (including phenoxy) is 1. The van der Waals surface area contributed by atoms with E-state index in [9.17, 15) is 13.5 Å². The topological polar surface area (TPSA) is 93.5 Å². The van der Waals surface area contributed by atoms with E-state index in [1.807, 2.05) is 0 Å². The van der Waals surface area contributed by atoms with Crippen LogP contribution in [0.2, 0.25) is 5.02 Å². The molecule has 0 aliphatic carbocycles. The molecule has 1 aromatic carbocycles. The van der Waals surface area contributed by atoms with E-state index in [1.165, 1.54) is 30.0 Å². The molecular weight excluding hydrogens is 318 g/mol. The van der Waals surface area contributed by atoms with E-state index in [4.69, 9.17) is 16.3 Å². The SMILES string of the molecule is COc1c(CO)cc(Cl)cc1S(=O)(=O)Nc1ccn(C)n1. The highest BCUT2D eigenvalue weighted by Gasteiger charge is 2.23. The Hall–Kier alpha value is -1.77. The first-order chi connectivity index (χ1) is 9.87. The molecule has 7 nitrogen and oxygen atoms in total. The third-order valence-corrected chi connectivity index (χ3v) is 4.29. The summed E-state index contributed by atoms with van der Waals surface area (Å²) >= 11 is 5.89. The van der Waals surface area contributed by atoms with E-state index in [2.05, 4.69) is 9.82 Å². The first kappa shape index (κ1) is 15.6. The van der Waals surface area contributed by atoms with Crippen molar-refractivity contribution >= 4 is 27.4 Å². The third-order valence-electron chi connectivity index (χ3n) is 2.71. The summed E-state index contributed by atoms with van der Waals surface area (Å²) in [7, 11) is -0.954. The Labute approximate surface area is 127 Å². The van der Waals surface area contributed by atoms with Crippen LogP contribution in [0.3, 0.4) is 0 Å². The van der Waals surface area contributed by atoms with E-state index in [0.717, 1.165) is 0 Å². The van der Waals surface area contributed by atoms with Crippen molar-refractivity contribution in [3.05, 3.63) is 35.0 Å². The fraction of sp³-hybridized carbons (Fsp3) is 0.250. The van der Waals surface area contributed by atoms with Crippen molar-refractivity contribution in [1.29, 1.82) is 0 Å². The summed E-state index contributed by atoms with van der Waals surface area (Å²) in [6, 6.07) is 4.21. The molecule has 2 N–H and O–H groups in total. The van der Waals surface area contributed by atoms with Crippen LogP contribution >= 0.6 is 11.6 Å². The summed E-state index contributed by atoms with van der Waals surface area (Å²) < 4.78 is 33.7. The number of benzene rings is 1. The Kier molecular flexibility index (Phi) is 4.40. The van der Waals surface area contributed by atoms with Crippen molar-refractivity contribution in [3.63, 3.8) is 0 Å². The zero-order valence-electron chi connectivity index (χ0n) is 11.4. The smallest absolute Gasteiger partial charge is 0.266 e. The van der Waals surface area contributed by atoms with Crippen molar-refractivity contribution in [2.24, 2.45) is 7.05 Å². The molecule has 0 amide bonds. The minimum Gasteiger partial charge on any atom is -0.495 e. The second-order valence-electron chi connectivity index (χ2n) is 4.23. The average Bonchev–Trinajstić information content (AvgIpc) is 2.82. The standard InChI is InChI=1S/C12H14ClN3O4S/c1-16-4-3-11(14-16)15-21(18,19)10-6-9(13)5-8(7-17)12(10)20-2/h3-6,17H,7H2,1-2H3,(H,14,15). The third kappa shape index (κ3) is 3.29. The Morgan fingerprint density at radius 1 is 1.48 bits per heavy atom. The lowest BCUT2D eigenvalue weighted by Crippen LogP contribution is -2.15. The second kappa shape index (κ2) is 5.92. The average molecular weight is 332 g/mol. The van der Waals surface area contributed by atoms with E-state index in [1.54, 1.807) is 13.2 Å². The molecule has 0 saturated heterocycles. The quantitative estimate of drug-likeness (QED) is 0.863. The molecule has 1 aromatic heterocycles. The second-order valence-corrected chi connectivity index (χ2v) is 6.32. The molecule has 0 spiro atoms. The summed E-state index contributed by atoms with van der Waals surface area (Å²) in [5.41, 5.74) is 0.284. The van der Waals surface area contributed by atoms with Gasteiger partial charge in [-0.3, -0.25) is 9.40 Å². The Morgan fingerprint density at radius 2 is 2.19 bits per heavy atom. The monoisotopic (exact) mass is 331 g/mol. The number of aromatic nitrogens is 2. The highest BCUT2D eigenvalue weighted by atomic mass is 35.5. The van der Waals surface area contributed by atoms with Crippen LogP contribution in [0.15, 0.2) is 29.3 Å². The minimum atomic E-state index is -3.94. The lowest BCUT2D eigenvalue weighted by atomic mass is 10.2. The number of halogens is 1. The van der Waals surface area contributed by atoms with Gasteiger partial charge in [-0.1, -0.05) is 11.6 Å². The number of nitrogens with zero attached hydrogens (tertiary/aromatic N) is 2. The van der Waals surface area contributed by atoms with Crippen molar-refractivity contribution in [2.45, 2.75) is 11.5 Å². The van der Waals surface area contributed by atoms with Gasteiger partial charge in [0.05, 0.1) is 13.7 Å². The number of hydrogen-bond donors (Lipinski definition) is 2. The Morgan fingerprint density at radius 3 is 2.71 bits per heavy atom. The highest BCUT2D eigenvalue weighted by molar-refractivity contribution is 7.92. The number of aryl methyl sites for hydroxylation is 1. The summed E-state index contributed by atoms with van der Waals surface area (Å²) in [6.45, 7) is -0.393. The fourth-order valence-electron chi connectivity index (χ4n) is 1.83. The van der Waals surface area contributed by atoms with Gasteiger partial charge in [-0.2, -0.15) is 5.10 Å². The van der Waals surface area contributed by atoms with Crippen LogP contribution < -0.4 is 9.46 Å². The molecule has 9 heteroatoms. The number of hydrogen-bond acceptors (Lipinski definition) is 5. The van der Waals surface area contributed by atoms with Gasteiger partial charge in [-0.05, 0) is 12.1 Å². The minimum absolute atomic E-state index is 0.0466. The normalized spacial score (nSPS) is 11.4. The molecule has 1 heterocycles. The van der Waals surface area contributed by atoms with E-state index in [-0.39, 0.29) is 27.0 Å². The van der Waals surface area contributed by atoms with E-state index in [0.29, 0.717) is 0 Å². The zero-order chi connectivity index (χ0) is 15.6. The first-order valence-electron chi connectivity index (χ1n) is 5.87. The van der Waals surface area contributed by atoms with Gasteiger partial charge in [0.2, 0.25) is 0 Å². The molecule has 0 aliphatic rings. The maximum atomic E-state index is 12.4. The predicted molar refractivity (Wildman–Crippen MR) is 77.9 cm³/mol. The first-order valence-corrected chi connectivity index (χ1v) is 7.73. The molecule has 2 aromatic rings. The number of aliphatic hydroxyl groups excluding tert-OH is 1. The van der Waals surface area contributed by atoms with Crippen LogP contribution in [0.25, 0.3) is 0 Å². The van der Waals surface area contributed by atoms with Gasteiger partial charge in [-0.15, -0.1) is 0 Å². The van der Waals surface area contributed by atoms with Gasteiger partial charge in [0, 0.05) is 29.9 Å². The molecular formula is C12H14ClN3O4S. The van der Waals surface area contributed by atoms with Crippen molar-refractivity contribution in [3.8, 4) is 5.75 Å². The van der Waals surface area contributed by atoms with Crippen molar-refractivity contribution < 1.29 is 18.3 Å². The summed E-state index contributed by atoms with van der Waals surface area (Å²) in [5, 5.41) is 13.4. The van der Waals surface area contributed by atoms with E-state index < -0.39 is 16.6 Å². The number of sulfonamides is 1. The van der Waals surface area contributed by atoms with Gasteiger partial charge >= 0.3 is 0 Å². The van der Waals surface area contributed by atoms with Gasteiger partial charge < -0.3 is 9.84 Å².